The summed E-state index contributed by atoms with van der Waals surface area (Å²) in [7, 11) is 0. The minimum Gasteiger partial charge on any atom is -0.376 e. The number of nitrogens with zero attached hydrogens (tertiary/aromatic N) is 3. The molecule has 0 aliphatic carbocycles. The number of hydrogen-bond acceptors (Lipinski definition) is 5. The second kappa shape index (κ2) is 7.55. The highest BCUT2D eigenvalue weighted by atomic mass is 32.2. The smallest absolute Gasteiger partial charge is 0.344 e. The van der Waals surface area contributed by atoms with Crippen molar-refractivity contribution in [3.8, 4) is 0 Å². The number of ether oxygens (including phenoxy) is 1. The Bertz CT molecular complexity index is 996. The fraction of sp³-hybridized carbons (Fsp3) is 0.471. The minimum atomic E-state index is -0.198. The molecule has 1 aliphatic heterocycles. The van der Waals surface area contributed by atoms with E-state index in [0.717, 1.165) is 42.7 Å². The van der Waals surface area contributed by atoms with Crippen molar-refractivity contribution in [1.29, 1.82) is 0 Å². The molecule has 3 aromatic rings. The van der Waals surface area contributed by atoms with E-state index in [9.17, 15) is 9.59 Å². The van der Waals surface area contributed by atoms with E-state index in [2.05, 4.69) is 15.2 Å². The summed E-state index contributed by atoms with van der Waals surface area (Å²) >= 11 is 1.52. The standard InChI is InChI=1S/C17H21N5O3S/c23-15-18-13-6-1-2-7-14(13)21(15)8-4-10-26-17-20-19-16(24)22(17)11-12-5-3-9-25-12/h1-2,6-7,12H,3-5,8-11H2,(H,18,23)(H,19,24)/t12-/m0/s1. The molecule has 9 heteroatoms. The fourth-order valence-electron chi connectivity index (χ4n) is 3.28. The summed E-state index contributed by atoms with van der Waals surface area (Å²) in [4.78, 5) is 26.9. The number of benzene rings is 1. The summed E-state index contributed by atoms with van der Waals surface area (Å²) < 4.78 is 9.01. The molecule has 1 aromatic carbocycles. The largest absolute Gasteiger partial charge is 0.376 e. The van der Waals surface area contributed by atoms with E-state index in [1.54, 1.807) is 9.13 Å². The number of aromatic nitrogens is 5. The van der Waals surface area contributed by atoms with E-state index in [1.807, 2.05) is 24.3 Å². The van der Waals surface area contributed by atoms with Gasteiger partial charge in [0.15, 0.2) is 5.16 Å². The van der Waals surface area contributed by atoms with Crippen LogP contribution in [0.2, 0.25) is 0 Å². The Kier molecular flexibility index (Phi) is 4.98. The first-order valence-electron chi connectivity index (χ1n) is 8.79. The Morgan fingerprint density at radius 3 is 2.96 bits per heavy atom. The summed E-state index contributed by atoms with van der Waals surface area (Å²) in [5.74, 6) is 0.766. The molecule has 1 fully saturated rings. The first-order chi connectivity index (χ1) is 12.7. The van der Waals surface area contributed by atoms with Gasteiger partial charge in [-0.2, -0.15) is 0 Å². The van der Waals surface area contributed by atoms with Crippen LogP contribution in [0.25, 0.3) is 11.0 Å². The number of para-hydroxylation sites is 2. The predicted molar refractivity (Wildman–Crippen MR) is 99.7 cm³/mol. The summed E-state index contributed by atoms with van der Waals surface area (Å²) in [6.45, 7) is 1.93. The zero-order chi connectivity index (χ0) is 17.9. The van der Waals surface area contributed by atoms with Gasteiger partial charge < -0.3 is 9.72 Å². The van der Waals surface area contributed by atoms with Gasteiger partial charge in [-0.3, -0.25) is 9.13 Å². The number of hydrogen-bond donors (Lipinski definition) is 2. The molecule has 1 saturated heterocycles. The van der Waals surface area contributed by atoms with Crippen molar-refractivity contribution in [2.45, 2.75) is 43.6 Å². The maximum absolute atomic E-state index is 12.1. The Labute approximate surface area is 153 Å². The van der Waals surface area contributed by atoms with Crippen LogP contribution in [0.15, 0.2) is 39.0 Å². The van der Waals surface area contributed by atoms with E-state index in [1.165, 1.54) is 11.8 Å². The van der Waals surface area contributed by atoms with E-state index in [0.29, 0.717) is 18.2 Å². The molecule has 1 aliphatic rings. The Balaban J connectivity index is 1.37. The van der Waals surface area contributed by atoms with Crippen LogP contribution in [-0.2, 0) is 17.8 Å². The monoisotopic (exact) mass is 375 g/mol. The van der Waals surface area contributed by atoms with Crippen molar-refractivity contribution in [1.82, 2.24) is 24.3 Å². The molecule has 26 heavy (non-hydrogen) atoms. The molecule has 0 unspecified atom stereocenters. The zero-order valence-electron chi connectivity index (χ0n) is 14.3. The summed E-state index contributed by atoms with van der Waals surface area (Å²) in [6, 6.07) is 7.67. The highest BCUT2D eigenvalue weighted by molar-refractivity contribution is 7.99. The summed E-state index contributed by atoms with van der Waals surface area (Å²) in [5.41, 5.74) is 1.47. The van der Waals surface area contributed by atoms with Crippen molar-refractivity contribution in [2.24, 2.45) is 0 Å². The molecule has 1 atom stereocenters. The Morgan fingerprint density at radius 2 is 2.12 bits per heavy atom. The van der Waals surface area contributed by atoms with Gasteiger partial charge in [0.25, 0.3) is 0 Å². The molecule has 3 heterocycles. The lowest BCUT2D eigenvalue weighted by molar-refractivity contribution is 0.0941. The van der Waals surface area contributed by atoms with E-state index >= 15 is 0 Å². The number of fused-ring (bicyclic) bond motifs is 1. The average Bonchev–Trinajstić information content (AvgIpc) is 3.34. The minimum absolute atomic E-state index is 0.0914. The van der Waals surface area contributed by atoms with Crippen molar-refractivity contribution < 1.29 is 4.74 Å². The molecule has 0 spiro atoms. The second-order valence-electron chi connectivity index (χ2n) is 6.36. The van der Waals surface area contributed by atoms with E-state index in [-0.39, 0.29) is 17.5 Å². The van der Waals surface area contributed by atoms with Crippen LogP contribution in [0.3, 0.4) is 0 Å². The third-order valence-electron chi connectivity index (χ3n) is 4.57. The number of nitrogens with one attached hydrogen (secondary N) is 2. The fourth-order valence-corrected chi connectivity index (χ4v) is 4.16. The summed E-state index contributed by atoms with van der Waals surface area (Å²) in [6.07, 6.45) is 2.91. The number of H-pyrrole nitrogens is 2. The Morgan fingerprint density at radius 1 is 1.23 bits per heavy atom. The van der Waals surface area contributed by atoms with Gasteiger partial charge in [0, 0.05) is 18.9 Å². The Hall–Kier alpha value is -2.26. The number of imidazole rings is 1. The van der Waals surface area contributed by atoms with Crippen LogP contribution in [-0.4, -0.2) is 42.8 Å². The number of rotatable bonds is 7. The van der Waals surface area contributed by atoms with Crippen LogP contribution in [0.1, 0.15) is 19.3 Å². The first-order valence-corrected chi connectivity index (χ1v) is 9.78. The molecule has 0 saturated carbocycles. The molecule has 2 aromatic heterocycles. The van der Waals surface area contributed by atoms with Gasteiger partial charge in [0.1, 0.15) is 0 Å². The lowest BCUT2D eigenvalue weighted by Crippen LogP contribution is -2.25. The molecule has 0 bridgehead atoms. The molecule has 138 valence electrons. The van der Waals surface area contributed by atoms with Crippen LogP contribution < -0.4 is 11.4 Å². The van der Waals surface area contributed by atoms with Gasteiger partial charge in [-0.15, -0.1) is 5.10 Å². The van der Waals surface area contributed by atoms with Crippen LogP contribution in [0.5, 0.6) is 0 Å². The van der Waals surface area contributed by atoms with Gasteiger partial charge in [0.05, 0.1) is 23.7 Å². The number of aromatic amines is 2. The van der Waals surface area contributed by atoms with Crippen LogP contribution >= 0.6 is 11.8 Å². The van der Waals surface area contributed by atoms with E-state index in [4.69, 9.17) is 4.74 Å². The maximum Gasteiger partial charge on any atom is 0.344 e. The molecule has 2 N–H and O–H groups in total. The molecule has 4 rings (SSSR count). The second-order valence-corrected chi connectivity index (χ2v) is 7.42. The third-order valence-corrected chi connectivity index (χ3v) is 5.63. The number of thioether (sulfide) groups is 1. The maximum atomic E-state index is 12.1. The van der Waals surface area contributed by atoms with Gasteiger partial charge in [-0.25, -0.2) is 14.7 Å². The average molecular weight is 375 g/mol. The quantitative estimate of drug-likeness (QED) is 0.483. The highest BCUT2D eigenvalue weighted by Gasteiger charge is 2.19. The predicted octanol–water partition coefficient (Wildman–Crippen LogP) is 1.58. The lowest BCUT2D eigenvalue weighted by atomic mass is 10.2. The zero-order valence-corrected chi connectivity index (χ0v) is 15.1. The van der Waals surface area contributed by atoms with Crippen molar-refractivity contribution >= 4 is 22.8 Å². The van der Waals surface area contributed by atoms with Gasteiger partial charge in [-0.1, -0.05) is 23.9 Å². The third kappa shape index (κ3) is 3.49. The topological polar surface area (TPSA) is 97.7 Å². The number of aryl methyl sites for hydroxylation is 1. The normalized spacial score (nSPS) is 17.3. The highest BCUT2D eigenvalue weighted by Crippen LogP contribution is 2.19. The summed E-state index contributed by atoms with van der Waals surface area (Å²) in [5, 5.41) is 7.32. The van der Waals surface area contributed by atoms with Crippen LogP contribution in [0, 0.1) is 0 Å². The molecule has 0 radical (unpaired) electrons. The van der Waals surface area contributed by atoms with Crippen molar-refractivity contribution in [2.75, 3.05) is 12.4 Å². The molecular weight excluding hydrogens is 354 g/mol. The lowest BCUT2D eigenvalue weighted by Gasteiger charge is -2.11. The molecular formula is C17H21N5O3S. The van der Waals surface area contributed by atoms with Crippen molar-refractivity contribution in [3.63, 3.8) is 0 Å². The van der Waals surface area contributed by atoms with Crippen LogP contribution in [0.4, 0.5) is 0 Å². The molecule has 0 amide bonds. The van der Waals surface area contributed by atoms with Gasteiger partial charge >= 0.3 is 11.4 Å². The van der Waals surface area contributed by atoms with Gasteiger partial charge in [0.2, 0.25) is 0 Å². The van der Waals surface area contributed by atoms with Gasteiger partial charge in [-0.05, 0) is 31.4 Å². The first kappa shape index (κ1) is 17.2. The SMILES string of the molecule is O=c1[nH]nc(SCCCn2c(=O)[nH]c3ccccc32)n1C[C@@H]1CCCO1. The van der Waals surface area contributed by atoms with Crippen molar-refractivity contribution in [3.05, 3.63) is 45.2 Å². The van der Waals surface area contributed by atoms with E-state index < -0.39 is 0 Å². The molecule has 8 nitrogen and oxygen atoms in total.